The Balaban J connectivity index is 1.53. The van der Waals surface area contributed by atoms with Crippen molar-refractivity contribution in [3.63, 3.8) is 0 Å². The summed E-state index contributed by atoms with van der Waals surface area (Å²) in [5.74, 6) is -1.07. The van der Waals surface area contributed by atoms with E-state index in [4.69, 9.17) is 9.47 Å². The number of carbonyl (C=O) groups excluding carboxylic acids is 3. The van der Waals surface area contributed by atoms with E-state index in [9.17, 15) is 22.8 Å². The molecule has 0 bridgehead atoms. The maximum atomic E-state index is 13.1. The topological polar surface area (TPSA) is 122 Å². The number of nitrogens with zero attached hydrogens (tertiary/aromatic N) is 2. The third-order valence-corrected chi connectivity index (χ3v) is 10.0. The van der Waals surface area contributed by atoms with Gasteiger partial charge in [0.2, 0.25) is 10.0 Å². The molecule has 1 aromatic carbocycles. The zero-order chi connectivity index (χ0) is 26.7. The lowest BCUT2D eigenvalue weighted by Crippen LogP contribution is -2.38. The van der Waals surface area contributed by atoms with E-state index in [1.165, 1.54) is 59.0 Å². The number of esters is 1. The van der Waals surface area contributed by atoms with Gasteiger partial charge in [-0.2, -0.15) is 4.31 Å². The van der Waals surface area contributed by atoms with Crippen LogP contribution in [0.2, 0.25) is 0 Å². The quantitative estimate of drug-likeness (QED) is 0.543. The zero-order valence-corrected chi connectivity index (χ0v) is 22.7. The summed E-state index contributed by atoms with van der Waals surface area (Å²) >= 11 is 1.20. The molecule has 1 aliphatic carbocycles. The molecule has 200 valence electrons. The van der Waals surface area contributed by atoms with Gasteiger partial charge < -0.3 is 19.7 Å². The fourth-order valence-electron chi connectivity index (χ4n) is 4.86. The van der Waals surface area contributed by atoms with Crippen LogP contribution >= 0.6 is 11.3 Å². The highest BCUT2D eigenvalue weighted by atomic mass is 32.2. The van der Waals surface area contributed by atoms with Crippen LogP contribution in [0, 0.1) is 0 Å². The number of fused-ring (bicyclic) bond motifs is 1. The number of carbonyl (C=O) groups is 3. The Morgan fingerprint density at radius 3 is 2.35 bits per heavy atom. The molecule has 1 aliphatic heterocycles. The normalized spacial score (nSPS) is 16.3. The summed E-state index contributed by atoms with van der Waals surface area (Å²) in [7, 11) is 0.510. The Labute approximate surface area is 220 Å². The van der Waals surface area contributed by atoms with E-state index in [0.717, 1.165) is 42.5 Å². The molecule has 0 unspecified atom stereocenters. The number of benzene rings is 1. The zero-order valence-electron chi connectivity index (χ0n) is 21.1. The molecule has 1 fully saturated rings. The molecule has 0 radical (unpaired) electrons. The van der Waals surface area contributed by atoms with Gasteiger partial charge in [0.25, 0.3) is 5.91 Å². The van der Waals surface area contributed by atoms with Gasteiger partial charge in [-0.3, -0.25) is 4.79 Å². The van der Waals surface area contributed by atoms with Gasteiger partial charge in [-0.05, 0) is 49.1 Å². The predicted octanol–water partition coefficient (Wildman–Crippen LogP) is 3.86. The summed E-state index contributed by atoms with van der Waals surface area (Å²) in [6, 6.07) is 5.76. The number of nitrogens with one attached hydrogen (secondary N) is 1. The van der Waals surface area contributed by atoms with Gasteiger partial charge in [0.15, 0.2) is 0 Å². The molecule has 4 rings (SSSR count). The number of thiophene rings is 1. The predicted molar refractivity (Wildman–Crippen MR) is 138 cm³/mol. The van der Waals surface area contributed by atoms with E-state index < -0.39 is 28.0 Å². The first-order valence-corrected chi connectivity index (χ1v) is 14.4. The molecule has 10 nitrogen and oxygen atoms in total. The van der Waals surface area contributed by atoms with Gasteiger partial charge in [-0.25, -0.2) is 18.0 Å². The van der Waals surface area contributed by atoms with Crippen molar-refractivity contribution in [1.82, 2.24) is 9.21 Å². The fourth-order valence-corrected chi connectivity index (χ4v) is 7.52. The smallest absolute Gasteiger partial charge is 0.409 e. The molecule has 2 aromatic rings. The largest absolute Gasteiger partial charge is 0.465 e. The second-order valence-electron chi connectivity index (χ2n) is 9.13. The first-order chi connectivity index (χ1) is 17.7. The molecular weight excluding hydrogens is 518 g/mol. The monoisotopic (exact) mass is 549 g/mol. The van der Waals surface area contributed by atoms with E-state index in [1.54, 1.807) is 7.05 Å². The highest BCUT2D eigenvalue weighted by Gasteiger charge is 2.32. The van der Waals surface area contributed by atoms with Gasteiger partial charge in [-0.15, -0.1) is 11.3 Å². The van der Waals surface area contributed by atoms with Crippen molar-refractivity contribution in [3.05, 3.63) is 45.8 Å². The summed E-state index contributed by atoms with van der Waals surface area (Å²) in [5, 5.41) is 3.10. The molecule has 1 N–H and O–H groups in total. The SMILES string of the molecule is COC(=O)c1c(NC(=O)c2ccc(S(=O)(=O)N(C)C3CCCCC3)cc2)sc2c1CCN(C(=O)OC)C2. The van der Waals surface area contributed by atoms with Gasteiger partial charge in [0.1, 0.15) is 5.00 Å². The average Bonchev–Trinajstić information content (AvgIpc) is 3.29. The van der Waals surface area contributed by atoms with Crippen LogP contribution in [0.4, 0.5) is 9.80 Å². The highest BCUT2D eigenvalue weighted by molar-refractivity contribution is 7.89. The van der Waals surface area contributed by atoms with Gasteiger partial charge in [0.05, 0.1) is 31.2 Å². The van der Waals surface area contributed by atoms with E-state index in [-0.39, 0.29) is 28.6 Å². The van der Waals surface area contributed by atoms with Gasteiger partial charge in [0, 0.05) is 30.1 Å². The van der Waals surface area contributed by atoms with Crippen molar-refractivity contribution in [2.45, 2.75) is 56.0 Å². The Hall–Kier alpha value is -2.96. The lowest BCUT2D eigenvalue weighted by atomic mass is 9.96. The minimum absolute atomic E-state index is 0.0153. The van der Waals surface area contributed by atoms with Crippen molar-refractivity contribution in [3.8, 4) is 0 Å². The third-order valence-electron chi connectivity index (χ3n) is 6.99. The molecule has 2 heterocycles. The summed E-state index contributed by atoms with van der Waals surface area (Å²) in [5.41, 5.74) is 1.26. The number of sulfonamides is 1. The standard InChI is InChI=1S/C25H31N3O7S2/c1-27(17-7-5-4-6-8-17)37(32,33)18-11-9-16(10-12-18)22(29)26-23-21(24(30)34-2)19-13-14-28(25(31)35-3)15-20(19)36-23/h9-12,17H,4-8,13-15H2,1-3H3,(H,26,29). The first-order valence-electron chi connectivity index (χ1n) is 12.1. The molecule has 1 aromatic heterocycles. The molecule has 1 saturated carbocycles. The van der Waals surface area contributed by atoms with E-state index in [1.807, 2.05) is 0 Å². The minimum Gasteiger partial charge on any atom is -0.465 e. The van der Waals surface area contributed by atoms with Crippen molar-refractivity contribution in [2.75, 3.05) is 33.1 Å². The molecule has 0 spiro atoms. The van der Waals surface area contributed by atoms with Gasteiger partial charge >= 0.3 is 12.1 Å². The van der Waals surface area contributed by atoms with Crippen LogP contribution < -0.4 is 5.32 Å². The number of anilines is 1. The van der Waals surface area contributed by atoms with Crippen LogP contribution in [0.5, 0.6) is 0 Å². The molecule has 0 saturated heterocycles. The molecule has 37 heavy (non-hydrogen) atoms. The van der Waals surface area contributed by atoms with Crippen molar-refractivity contribution < 1.29 is 32.3 Å². The lowest BCUT2D eigenvalue weighted by molar-refractivity contribution is 0.0600. The molecule has 12 heteroatoms. The maximum absolute atomic E-state index is 13.1. The number of rotatable bonds is 6. The summed E-state index contributed by atoms with van der Waals surface area (Å²) < 4.78 is 37.4. The summed E-state index contributed by atoms with van der Waals surface area (Å²) in [6.07, 6.45) is 4.81. The van der Waals surface area contributed by atoms with Crippen molar-refractivity contribution in [1.29, 1.82) is 0 Å². The fraction of sp³-hybridized carbons (Fsp3) is 0.480. The lowest BCUT2D eigenvalue weighted by Gasteiger charge is -2.30. The van der Waals surface area contributed by atoms with Crippen LogP contribution in [0.1, 0.15) is 63.3 Å². The highest BCUT2D eigenvalue weighted by Crippen LogP contribution is 2.38. The molecular formula is C25H31N3O7S2. The van der Waals surface area contributed by atoms with E-state index in [0.29, 0.717) is 18.0 Å². The third kappa shape index (κ3) is 5.51. The number of methoxy groups -OCH3 is 2. The minimum atomic E-state index is -3.68. The van der Waals surface area contributed by atoms with Crippen LogP contribution in [0.25, 0.3) is 0 Å². The number of hydrogen-bond donors (Lipinski definition) is 1. The average molecular weight is 550 g/mol. The van der Waals surface area contributed by atoms with Crippen molar-refractivity contribution in [2.24, 2.45) is 0 Å². The Kier molecular flexibility index (Phi) is 8.20. The number of ether oxygens (including phenoxy) is 2. The van der Waals surface area contributed by atoms with Crippen LogP contribution in [-0.4, -0.2) is 69.4 Å². The summed E-state index contributed by atoms with van der Waals surface area (Å²) in [4.78, 5) is 40.0. The maximum Gasteiger partial charge on any atom is 0.409 e. The summed E-state index contributed by atoms with van der Waals surface area (Å²) in [6.45, 7) is 0.632. The van der Waals surface area contributed by atoms with E-state index in [2.05, 4.69) is 5.32 Å². The molecule has 2 amide bonds. The van der Waals surface area contributed by atoms with Gasteiger partial charge in [-0.1, -0.05) is 19.3 Å². The Morgan fingerprint density at radius 1 is 1.05 bits per heavy atom. The number of hydrogen-bond acceptors (Lipinski definition) is 8. The second-order valence-corrected chi connectivity index (χ2v) is 12.2. The number of amides is 2. The second kappa shape index (κ2) is 11.2. The Bertz CT molecular complexity index is 1280. The van der Waals surface area contributed by atoms with Crippen LogP contribution in [0.3, 0.4) is 0 Å². The molecule has 0 atom stereocenters. The van der Waals surface area contributed by atoms with Crippen LogP contribution in [-0.2, 0) is 32.5 Å². The van der Waals surface area contributed by atoms with E-state index >= 15 is 0 Å². The van der Waals surface area contributed by atoms with Crippen molar-refractivity contribution >= 4 is 44.3 Å². The molecule has 2 aliphatic rings. The Morgan fingerprint density at radius 2 is 1.73 bits per heavy atom. The van der Waals surface area contributed by atoms with Crippen LogP contribution in [0.15, 0.2) is 29.2 Å². The first kappa shape index (κ1) is 27.1.